The third-order valence-electron chi connectivity index (χ3n) is 12.5. The van der Waals surface area contributed by atoms with Crippen molar-refractivity contribution in [1.29, 1.82) is 0 Å². The van der Waals surface area contributed by atoms with Crippen LogP contribution in [0, 0.1) is 0 Å². The summed E-state index contributed by atoms with van der Waals surface area (Å²) >= 11 is 0. The maximum atomic E-state index is 14.1. The van der Waals surface area contributed by atoms with E-state index >= 15 is 0 Å². The van der Waals surface area contributed by atoms with Gasteiger partial charge in [-0.2, -0.15) is 0 Å². The molecule has 2 heterocycles. The average Bonchev–Trinajstić information content (AvgIpc) is 3.70. The summed E-state index contributed by atoms with van der Waals surface area (Å²) in [6.07, 6.45) is 0.237. The third kappa shape index (κ3) is 13.0. The van der Waals surface area contributed by atoms with Gasteiger partial charge in [0.2, 0.25) is 11.2 Å². The Bertz CT molecular complexity index is 2540. The lowest BCUT2D eigenvalue weighted by molar-refractivity contribution is -0.167. The number of rotatable bonds is 18. The molecule has 0 bridgehead atoms. The minimum Gasteiger partial charge on any atom is -0.487 e. The zero-order chi connectivity index (χ0) is 48.6. The van der Waals surface area contributed by atoms with E-state index in [4.69, 9.17) is 18.6 Å². The molecule has 0 radical (unpaired) electrons. The molecule has 1 saturated heterocycles. The molecule has 0 spiro atoms. The minimum atomic E-state index is -2.48. The molecule has 3 unspecified atom stereocenters. The lowest BCUT2D eigenvalue weighted by atomic mass is 9.85. The molecule has 358 valence electrons. The van der Waals surface area contributed by atoms with Crippen LogP contribution in [0.4, 0.5) is 4.79 Å². The standard InChI is InChI=1S/C53H68N4O9Si/c1-51(2,3)65-50(61)57(35-45(66-67(8,9)52(4,5)6)42-25-27-44(47-43(42)26-28-46(58)55-47)63-36-37-19-12-10-13-20-37)31-17-16-30-54-48(59)38-21-18-24-40(33-38)53(62,39-22-14-11-15-23-39)49(60)64-41-29-32-56(7)34-41/h10-15,18-28,33,41,45,62H,16-17,29-32,34-36H2,1-9H3,(H,54,59)(H,55,58). The van der Waals surface area contributed by atoms with E-state index in [2.05, 4.69) is 49.1 Å². The fourth-order valence-electron chi connectivity index (χ4n) is 7.83. The van der Waals surface area contributed by atoms with Crippen LogP contribution in [0.15, 0.2) is 114 Å². The second kappa shape index (κ2) is 21.4. The largest absolute Gasteiger partial charge is 0.487 e. The fourth-order valence-corrected chi connectivity index (χ4v) is 9.09. The van der Waals surface area contributed by atoms with Crippen LogP contribution in [0.5, 0.6) is 5.75 Å². The number of fused-ring (bicyclic) bond motifs is 1. The van der Waals surface area contributed by atoms with Gasteiger partial charge in [0.05, 0.1) is 18.2 Å². The summed E-state index contributed by atoms with van der Waals surface area (Å²) in [5.74, 6) is -0.655. The van der Waals surface area contributed by atoms with E-state index in [0.29, 0.717) is 55.8 Å². The van der Waals surface area contributed by atoms with Gasteiger partial charge in [-0.25, -0.2) is 9.59 Å². The van der Waals surface area contributed by atoms with Crippen molar-refractivity contribution in [3.63, 3.8) is 0 Å². The maximum absolute atomic E-state index is 14.1. The van der Waals surface area contributed by atoms with Crippen LogP contribution < -0.4 is 15.6 Å². The first-order valence-electron chi connectivity index (χ1n) is 23.2. The van der Waals surface area contributed by atoms with Crippen molar-refractivity contribution in [2.45, 2.75) is 109 Å². The highest BCUT2D eigenvalue weighted by molar-refractivity contribution is 6.74. The van der Waals surface area contributed by atoms with Gasteiger partial charge in [-0.15, -0.1) is 0 Å². The number of aromatic nitrogens is 1. The molecule has 3 atom stereocenters. The number of aliphatic hydroxyl groups is 1. The van der Waals surface area contributed by atoms with Gasteiger partial charge >= 0.3 is 12.1 Å². The topological polar surface area (TPSA) is 160 Å². The van der Waals surface area contributed by atoms with Gasteiger partial charge < -0.3 is 43.8 Å². The smallest absolute Gasteiger partial charge is 0.410 e. The number of pyridine rings is 1. The number of unbranched alkanes of at least 4 members (excludes halogenated alkanes) is 1. The second-order valence-electron chi connectivity index (χ2n) is 20.0. The monoisotopic (exact) mass is 932 g/mol. The van der Waals surface area contributed by atoms with Crippen LogP contribution in [0.1, 0.15) is 99.5 Å². The summed E-state index contributed by atoms with van der Waals surface area (Å²) in [6, 6.07) is 31.9. The average molecular weight is 933 g/mol. The summed E-state index contributed by atoms with van der Waals surface area (Å²) in [7, 11) is -0.530. The van der Waals surface area contributed by atoms with Gasteiger partial charge in [-0.1, -0.05) is 99.6 Å². The molecule has 1 aliphatic heterocycles. The van der Waals surface area contributed by atoms with E-state index < -0.39 is 37.7 Å². The number of H-pyrrole nitrogens is 1. The number of esters is 1. The second-order valence-corrected chi connectivity index (χ2v) is 24.8. The van der Waals surface area contributed by atoms with Crippen molar-refractivity contribution in [3.8, 4) is 5.75 Å². The Morgan fingerprint density at radius 3 is 2.22 bits per heavy atom. The van der Waals surface area contributed by atoms with Gasteiger partial charge in [0.15, 0.2) is 8.32 Å². The number of benzene rings is 4. The van der Waals surface area contributed by atoms with Crippen molar-refractivity contribution in [3.05, 3.63) is 147 Å². The summed E-state index contributed by atoms with van der Waals surface area (Å²) in [6.45, 7) is 18.7. The molecule has 1 fully saturated rings. The molecule has 1 aliphatic rings. The number of amides is 2. The first kappa shape index (κ1) is 50.6. The van der Waals surface area contributed by atoms with Crippen molar-refractivity contribution in [2.75, 3.05) is 39.8 Å². The van der Waals surface area contributed by atoms with E-state index in [1.807, 2.05) is 70.3 Å². The summed E-state index contributed by atoms with van der Waals surface area (Å²) < 4.78 is 25.3. The summed E-state index contributed by atoms with van der Waals surface area (Å²) in [5, 5.41) is 15.7. The maximum Gasteiger partial charge on any atom is 0.410 e. The number of nitrogens with one attached hydrogen (secondary N) is 2. The number of carbonyl (C=O) groups excluding carboxylic acids is 3. The van der Waals surface area contributed by atoms with E-state index in [0.717, 1.165) is 23.1 Å². The predicted molar refractivity (Wildman–Crippen MR) is 264 cm³/mol. The number of carbonyl (C=O) groups is 3. The minimum absolute atomic E-state index is 0.156. The van der Waals surface area contributed by atoms with E-state index in [9.17, 15) is 24.3 Å². The molecule has 2 amide bonds. The number of hydrogen-bond donors (Lipinski definition) is 3. The Balaban J connectivity index is 1.20. The number of aromatic amines is 1. The van der Waals surface area contributed by atoms with Gasteiger partial charge in [-0.05, 0) is 106 Å². The first-order valence-corrected chi connectivity index (χ1v) is 26.1. The first-order chi connectivity index (χ1) is 31.6. The van der Waals surface area contributed by atoms with Crippen molar-refractivity contribution in [2.24, 2.45) is 0 Å². The molecule has 14 heteroatoms. The Morgan fingerprint density at radius 1 is 0.881 bits per heavy atom. The Labute approximate surface area is 395 Å². The summed E-state index contributed by atoms with van der Waals surface area (Å²) in [5.41, 5.74) is -0.0362. The molecule has 13 nitrogen and oxygen atoms in total. The number of likely N-dealkylation sites (tertiary alicyclic amines) is 1. The van der Waals surface area contributed by atoms with Crippen LogP contribution >= 0.6 is 0 Å². The fraction of sp³-hybridized carbons (Fsp3) is 0.434. The number of ether oxygens (including phenoxy) is 3. The SMILES string of the molecule is CN1CCC(OC(=O)C(O)(c2ccccc2)c2cccc(C(=O)NCCCCN(CC(O[Si](C)(C)C(C)(C)C)c3ccc(OCc4ccccc4)c4[nH]c(=O)ccc34)C(=O)OC(C)(C)C)c2)C1. The van der Waals surface area contributed by atoms with Gasteiger partial charge in [0.25, 0.3) is 5.91 Å². The number of nitrogens with zero attached hydrogens (tertiary/aromatic N) is 2. The van der Waals surface area contributed by atoms with Crippen LogP contribution in [-0.2, 0) is 30.9 Å². The van der Waals surface area contributed by atoms with Crippen molar-refractivity contribution >= 4 is 37.2 Å². The molecule has 5 aromatic rings. The van der Waals surface area contributed by atoms with Crippen molar-refractivity contribution in [1.82, 2.24) is 20.1 Å². The van der Waals surface area contributed by atoms with Gasteiger partial charge in [-0.3, -0.25) is 9.59 Å². The Morgan fingerprint density at radius 2 is 1.57 bits per heavy atom. The van der Waals surface area contributed by atoms with Gasteiger partial charge in [0, 0.05) is 48.8 Å². The third-order valence-corrected chi connectivity index (χ3v) is 17.0. The lowest BCUT2D eigenvalue weighted by Gasteiger charge is -2.41. The van der Waals surface area contributed by atoms with E-state index in [1.54, 1.807) is 59.5 Å². The van der Waals surface area contributed by atoms with Gasteiger partial charge in [0.1, 0.15) is 24.1 Å². The van der Waals surface area contributed by atoms with Crippen LogP contribution in [0.25, 0.3) is 10.9 Å². The molecule has 3 N–H and O–H groups in total. The number of hydrogen-bond acceptors (Lipinski definition) is 10. The zero-order valence-electron chi connectivity index (χ0n) is 40.5. The molecular weight excluding hydrogens is 865 g/mol. The molecule has 1 aromatic heterocycles. The molecule has 67 heavy (non-hydrogen) atoms. The molecular formula is C53H68N4O9Si. The van der Waals surface area contributed by atoms with Crippen molar-refractivity contribution < 1.29 is 38.1 Å². The highest BCUT2D eigenvalue weighted by Gasteiger charge is 2.44. The van der Waals surface area contributed by atoms with Crippen LogP contribution in [-0.4, -0.2) is 97.7 Å². The van der Waals surface area contributed by atoms with E-state index in [1.165, 1.54) is 12.1 Å². The molecule has 4 aromatic carbocycles. The predicted octanol–water partition coefficient (Wildman–Crippen LogP) is 9.10. The summed E-state index contributed by atoms with van der Waals surface area (Å²) in [4.78, 5) is 61.0. The number of likely N-dealkylation sites (N-methyl/N-ethyl adjacent to an activating group) is 1. The highest BCUT2D eigenvalue weighted by atomic mass is 28.4. The molecule has 6 rings (SSSR count). The quantitative estimate of drug-likeness (QED) is 0.0440. The Kier molecular flexibility index (Phi) is 16.2. The Hall–Kier alpha value is -5.80. The molecule has 0 saturated carbocycles. The highest BCUT2D eigenvalue weighted by Crippen LogP contribution is 2.42. The normalized spacial score (nSPS) is 15.9. The van der Waals surface area contributed by atoms with Crippen LogP contribution in [0.3, 0.4) is 0 Å². The zero-order valence-corrected chi connectivity index (χ0v) is 41.5. The lowest BCUT2D eigenvalue weighted by Crippen LogP contribution is -2.46. The van der Waals surface area contributed by atoms with Crippen LogP contribution in [0.2, 0.25) is 18.1 Å². The van der Waals surface area contributed by atoms with E-state index in [-0.39, 0.29) is 46.8 Å². The molecule has 0 aliphatic carbocycles.